The van der Waals surface area contributed by atoms with Crippen molar-refractivity contribution < 1.29 is 14.7 Å². The lowest BCUT2D eigenvalue weighted by molar-refractivity contribution is 0.0697. The van der Waals surface area contributed by atoms with Crippen LogP contribution in [-0.2, 0) is 0 Å². The van der Waals surface area contributed by atoms with Crippen LogP contribution in [0.25, 0.3) is 0 Å². The minimum absolute atomic E-state index is 0.0370. The van der Waals surface area contributed by atoms with Crippen LogP contribution in [-0.4, -0.2) is 26.3 Å². The van der Waals surface area contributed by atoms with Crippen LogP contribution in [0.15, 0.2) is 18.3 Å². The van der Waals surface area contributed by atoms with Gasteiger partial charge in [-0.15, -0.1) is 0 Å². The predicted molar refractivity (Wildman–Crippen MR) is 62.6 cm³/mol. The maximum absolute atomic E-state index is 11.7. The Morgan fingerprint density at radius 1 is 1.53 bits per heavy atom. The number of aromatic carboxylic acids is 1. The Labute approximate surface area is 100 Å². The first-order chi connectivity index (χ1) is 8.09. The van der Waals surface area contributed by atoms with Gasteiger partial charge < -0.3 is 15.4 Å². The molecule has 0 bridgehead atoms. The van der Waals surface area contributed by atoms with Crippen molar-refractivity contribution in [3.63, 3.8) is 0 Å². The molecule has 0 aliphatic rings. The van der Waals surface area contributed by atoms with E-state index in [9.17, 15) is 9.59 Å². The van der Waals surface area contributed by atoms with E-state index in [1.165, 1.54) is 0 Å². The van der Waals surface area contributed by atoms with Gasteiger partial charge in [0, 0.05) is 6.20 Å². The van der Waals surface area contributed by atoms with E-state index in [1.807, 2.05) is 0 Å². The first-order valence-electron chi connectivity index (χ1n) is 4.74. The highest BCUT2D eigenvalue weighted by Gasteiger charge is 2.19. The fourth-order valence-corrected chi connectivity index (χ4v) is 2.13. The van der Waals surface area contributed by atoms with E-state index in [0.29, 0.717) is 11.4 Å². The maximum atomic E-state index is 11.7. The zero-order chi connectivity index (χ0) is 12.4. The van der Waals surface area contributed by atoms with Gasteiger partial charge in [0.2, 0.25) is 0 Å². The van der Waals surface area contributed by atoms with Gasteiger partial charge in [-0.1, -0.05) is 0 Å². The number of amides is 1. The molecule has 0 unspecified atom stereocenters. The van der Waals surface area contributed by atoms with Crippen LogP contribution in [0.5, 0.6) is 0 Å². The minimum Gasteiger partial charge on any atom is -0.478 e. The summed E-state index contributed by atoms with van der Waals surface area (Å²) >= 11 is 0.953. The Bertz CT molecular complexity index is 559. The van der Waals surface area contributed by atoms with E-state index in [4.69, 9.17) is 5.11 Å². The van der Waals surface area contributed by atoms with Crippen LogP contribution in [0.4, 0.5) is 5.00 Å². The van der Waals surface area contributed by atoms with Crippen molar-refractivity contribution in [2.24, 2.45) is 0 Å². The van der Waals surface area contributed by atoms with Gasteiger partial charge in [-0.05, 0) is 30.6 Å². The van der Waals surface area contributed by atoms with Gasteiger partial charge in [-0.25, -0.2) is 4.79 Å². The minimum atomic E-state index is -1.10. The van der Waals surface area contributed by atoms with E-state index in [-0.39, 0.29) is 16.5 Å². The number of carbonyl (C=O) groups is 2. The van der Waals surface area contributed by atoms with Gasteiger partial charge in [0.1, 0.15) is 16.3 Å². The van der Waals surface area contributed by atoms with Crippen molar-refractivity contribution in [2.45, 2.75) is 6.92 Å². The topological polar surface area (TPSA) is 95.1 Å². The molecule has 0 radical (unpaired) electrons. The van der Waals surface area contributed by atoms with Crippen molar-refractivity contribution in [3.8, 4) is 0 Å². The number of H-pyrrole nitrogens is 1. The summed E-state index contributed by atoms with van der Waals surface area (Å²) in [4.78, 5) is 25.4. The van der Waals surface area contributed by atoms with E-state index in [0.717, 1.165) is 11.5 Å². The lowest BCUT2D eigenvalue weighted by atomic mass is 10.2. The molecule has 0 fully saturated rings. The molecule has 0 saturated heterocycles. The van der Waals surface area contributed by atoms with Gasteiger partial charge >= 0.3 is 5.97 Å². The quantitative estimate of drug-likeness (QED) is 0.774. The zero-order valence-corrected chi connectivity index (χ0v) is 9.67. The Balaban J connectivity index is 2.25. The molecule has 2 rings (SSSR count). The number of aryl methyl sites for hydroxylation is 1. The highest BCUT2D eigenvalue weighted by molar-refractivity contribution is 7.11. The van der Waals surface area contributed by atoms with E-state index in [2.05, 4.69) is 14.7 Å². The van der Waals surface area contributed by atoms with Gasteiger partial charge in [-0.2, -0.15) is 4.37 Å². The fourth-order valence-electron chi connectivity index (χ4n) is 1.35. The third kappa shape index (κ3) is 2.18. The molecule has 3 N–H and O–H groups in total. The Hall–Kier alpha value is -2.15. The molecule has 0 spiro atoms. The zero-order valence-electron chi connectivity index (χ0n) is 8.85. The number of carboxylic acid groups (broad SMARTS) is 1. The molecule has 88 valence electrons. The third-order valence-corrected chi connectivity index (χ3v) is 3.00. The van der Waals surface area contributed by atoms with E-state index >= 15 is 0 Å². The SMILES string of the molecule is Cc1nsc(NC(=O)c2ccc[nH]2)c1C(=O)O. The molecular weight excluding hydrogens is 242 g/mol. The number of nitrogens with zero attached hydrogens (tertiary/aromatic N) is 1. The molecule has 0 atom stereocenters. The van der Waals surface area contributed by atoms with Crippen molar-refractivity contribution >= 4 is 28.4 Å². The third-order valence-electron chi connectivity index (χ3n) is 2.15. The number of rotatable bonds is 3. The lowest BCUT2D eigenvalue weighted by Gasteiger charge is -2.01. The normalized spacial score (nSPS) is 10.2. The van der Waals surface area contributed by atoms with Crippen molar-refractivity contribution in [1.82, 2.24) is 9.36 Å². The molecule has 2 heterocycles. The van der Waals surface area contributed by atoms with Gasteiger partial charge in [0.25, 0.3) is 5.91 Å². The van der Waals surface area contributed by atoms with Gasteiger partial charge in [-0.3, -0.25) is 4.79 Å². The molecule has 7 heteroatoms. The second-order valence-electron chi connectivity index (χ2n) is 3.32. The standard InChI is InChI=1S/C10H9N3O3S/c1-5-7(10(15)16)9(17-13-5)12-8(14)6-3-2-4-11-6/h2-4,11H,1H3,(H,12,14)(H,15,16). The number of hydrogen-bond donors (Lipinski definition) is 3. The predicted octanol–water partition coefficient (Wildman–Crippen LogP) is 1.73. The Morgan fingerprint density at radius 2 is 2.29 bits per heavy atom. The number of aromatic nitrogens is 2. The summed E-state index contributed by atoms with van der Waals surface area (Å²) in [7, 11) is 0. The first kappa shape index (κ1) is 11.3. The molecule has 2 aromatic rings. The van der Waals surface area contributed by atoms with Gasteiger partial charge in [0.15, 0.2) is 0 Å². The van der Waals surface area contributed by atoms with E-state index in [1.54, 1.807) is 25.3 Å². The summed E-state index contributed by atoms with van der Waals surface area (Å²) < 4.78 is 3.91. The highest BCUT2D eigenvalue weighted by Crippen LogP contribution is 2.24. The van der Waals surface area contributed by atoms with Crippen LogP contribution < -0.4 is 5.32 Å². The summed E-state index contributed by atoms with van der Waals surface area (Å²) in [5, 5.41) is 11.8. The van der Waals surface area contributed by atoms with Crippen LogP contribution >= 0.6 is 11.5 Å². The molecule has 1 amide bonds. The second-order valence-corrected chi connectivity index (χ2v) is 4.09. The number of carbonyl (C=O) groups excluding carboxylic acids is 1. The summed E-state index contributed by atoms with van der Waals surface area (Å²) in [6.45, 7) is 1.59. The number of hydrogen-bond acceptors (Lipinski definition) is 4. The van der Waals surface area contributed by atoms with Crippen molar-refractivity contribution in [1.29, 1.82) is 0 Å². The summed E-state index contributed by atoms with van der Waals surface area (Å²) in [6, 6.07) is 3.29. The highest BCUT2D eigenvalue weighted by atomic mass is 32.1. The molecule has 17 heavy (non-hydrogen) atoms. The van der Waals surface area contributed by atoms with Crippen LogP contribution in [0, 0.1) is 6.92 Å². The second kappa shape index (κ2) is 4.38. The molecule has 6 nitrogen and oxygen atoms in total. The summed E-state index contributed by atoms with van der Waals surface area (Å²) in [5.74, 6) is -1.49. The molecule has 0 aromatic carbocycles. The van der Waals surface area contributed by atoms with Crippen LogP contribution in [0.1, 0.15) is 26.5 Å². The van der Waals surface area contributed by atoms with Crippen LogP contribution in [0.3, 0.4) is 0 Å². The molecule has 2 aromatic heterocycles. The number of aromatic amines is 1. The summed E-state index contributed by atoms with van der Waals surface area (Å²) in [5.41, 5.74) is 0.798. The smallest absolute Gasteiger partial charge is 0.340 e. The average Bonchev–Trinajstić information content (AvgIpc) is 2.87. The lowest BCUT2D eigenvalue weighted by Crippen LogP contribution is -2.13. The molecule has 0 aliphatic carbocycles. The number of anilines is 1. The summed E-state index contributed by atoms with van der Waals surface area (Å²) in [6.07, 6.45) is 1.62. The van der Waals surface area contributed by atoms with E-state index < -0.39 is 5.97 Å². The maximum Gasteiger partial charge on any atom is 0.340 e. The molecule has 0 aliphatic heterocycles. The number of carboxylic acids is 1. The average molecular weight is 251 g/mol. The molecule has 0 saturated carbocycles. The Morgan fingerprint density at radius 3 is 2.88 bits per heavy atom. The fraction of sp³-hybridized carbons (Fsp3) is 0.100. The monoisotopic (exact) mass is 251 g/mol. The largest absolute Gasteiger partial charge is 0.478 e. The van der Waals surface area contributed by atoms with Crippen LogP contribution in [0.2, 0.25) is 0 Å². The van der Waals surface area contributed by atoms with Crippen molar-refractivity contribution in [3.05, 3.63) is 35.3 Å². The number of nitrogens with one attached hydrogen (secondary N) is 2. The molecular formula is C10H9N3O3S. The van der Waals surface area contributed by atoms with Crippen molar-refractivity contribution in [2.75, 3.05) is 5.32 Å². The first-order valence-corrected chi connectivity index (χ1v) is 5.51. The Kier molecular flexibility index (Phi) is 2.92. The van der Waals surface area contributed by atoms with Gasteiger partial charge in [0.05, 0.1) is 5.69 Å².